The molecule has 1 aromatic carbocycles. The molecular weight excluding hydrogens is 319 g/mol. The number of nitrogens with zero attached hydrogens (tertiary/aromatic N) is 1. The molecule has 7 heteroatoms. The number of rotatable bonds is 3. The predicted octanol–water partition coefficient (Wildman–Crippen LogP) is 3.69. The number of carbonyl (C=O) groups excluding carboxylic acids is 1. The number of nitrogens with one attached hydrogen (secondary N) is 1. The number of esters is 1. The van der Waals surface area contributed by atoms with Gasteiger partial charge in [0.1, 0.15) is 5.92 Å². The molecule has 2 rings (SSSR count). The highest BCUT2D eigenvalue weighted by Crippen LogP contribution is 2.26. The first-order valence-corrected chi connectivity index (χ1v) is 7.96. The van der Waals surface area contributed by atoms with Gasteiger partial charge in [0, 0.05) is 10.8 Å². The largest absolute Gasteiger partial charge is 0.468 e. The molecule has 1 atom stereocenters. The summed E-state index contributed by atoms with van der Waals surface area (Å²) >= 11 is 13.6. The maximum Gasteiger partial charge on any atom is 0.315 e. The standard InChI is InChI=1S/C13H14Cl2N2O2S/c1-19-13(18)9-7-20-5-4-11(9)16-17-12-3-2-8(14)6-10(12)15/h2-3,6,9,17H,4-5,7H2,1H3/b16-11-/t9-/m1/s1. The lowest BCUT2D eigenvalue weighted by Crippen LogP contribution is -2.31. The van der Waals surface area contributed by atoms with Crippen molar-refractivity contribution in [1.29, 1.82) is 0 Å². The fourth-order valence-electron chi connectivity index (χ4n) is 1.84. The Morgan fingerprint density at radius 3 is 3.00 bits per heavy atom. The van der Waals surface area contributed by atoms with Crippen LogP contribution in [0.3, 0.4) is 0 Å². The number of carbonyl (C=O) groups is 1. The van der Waals surface area contributed by atoms with Crippen molar-refractivity contribution in [2.45, 2.75) is 6.42 Å². The van der Waals surface area contributed by atoms with Crippen molar-refractivity contribution in [2.75, 3.05) is 24.0 Å². The van der Waals surface area contributed by atoms with Crippen LogP contribution in [0, 0.1) is 5.92 Å². The van der Waals surface area contributed by atoms with E-state index in [9.17, 15) is 4.79 Å². The Morgan fingerprint density at radius 2 is 2.30 bits per heavy atom. The molecule has 0 bridgehead atoms. The maximum atomic E-state index is 11.7. The lowest BCUT2D eigenvalue weighted by molar-refractivity contribution is -0.142. The highest BCUT2D eigenvalue weighted by Gasteiger charge is 2.28. The Bertz CT molecular complexity index is 537. The van der Waals surface area contributed by atoms with E-state index in [0.29, 0.717) is 21.5 Å². The van der Waals surface area contributed by atoms with Crippen molar-refractivity contribution in [3.05, 3.63) is 28.2 Å². The van der Waals surface area contributed by atoms with Gasteiger partial charge in [-0.25, -0.2) is 0 Å². The smallest absolute Gasteiger partial charge is 0.315 e. The molecule has 4 nitrogen and oxygen atoms in total. The minimum Gasteiger partial charge on any atom is -0.468 e. The molecule has 1 N–H and O–H groups in total. The van der Waals surface area contributed by atoms with Crippen LogP contribution in [-0.4, -0.2) is 30.3 Å². The topological polar surface area (TPSA) is 50.7 Å². The quantitative estimate of drug-likeness (QED) is 0.677. The van der Waals surface area contributed by atoms with E-state index in [2.05, 4.69) is 10.5 Å². The van der Waals surface area contributed by atoms with Gasteiger partial charge >= 0.3 is 5.97 Å². The van der Waals surface area contributed by atoms with Gasteiger partial charge in [-0.15, -0.1) is 0 Å². The van der Waals surface area contributed by atoms with E-state index in [-0.39, 0.29) is 11.9 Å². The number of methoxy groups -OCH3 is 1. The van der Waals surface area contributed by atoms with Crippen LogP contribution in [0.2, 0.25) is 10.0 Å². The Morgan fingerprint density at radius 1 is 1.50 bits per heavy atom. The number of halogens is 2. The molecule has 1 fully saturated rings. The monoisotopic (exact) mass is 332 g/mol. The highest BCUT2D eigenvalue weighted by molar-refractivity contribution is 7.99. The van der Waals surface area contributed by atoms with E-state index in [1.54, 1.807) is 30.0 Å². The fourth-order valence-corrected chi connectivity index (χ4v) is 3.38. The van der Waals surface area contributed by atoms with Gasteiger partial charge in [-0.1, -0.05) is 23.2 Å². The van der Waals surface area contributed by atoms with Crippen LogP contribution < -0.4 is 5.43 Å². The predicted molar refractivity (Wildman–Crippen MR) is 85.0 cm³/mol. The summed E-state index contributed by atoms with van der Waals surface area (Å²) in [5, 5.41) is 5.37. The normalized spacial score (nSPS) is 20.8. The molecule has 0 saturated carbocycles. The van der Waals surface area contributed by atoms with Crippen molar-refractivity contribution >= 4 is 52.3 Å². The molecule has 108 valence electrons. The molecule has 1 aromatic rings. The second-order valence-corrected chi connectivity index (χ2v) is 6.23. The Balaban J connectivity index is 2.13. The summed E-state index contributed by atoms with van der Waals surface area (Å²) in [6.45, 7) is 0. The number of thioether (sulfide) groups is 1. The third-order valence-corrected chi connectivity index (χ3v) is 4.54. The van der Waals surface area contributed by atoms with Crippen molar-refractivity contribution in [3.8, 4) is 0 Å². The zero-order valence-electron chi connectivity index (χ0n) is 10.9. The Kier molecular flexibility index (Phi) is 5.57. The van der Waals surface area contributed by atoms with Crippen LogP contribution in [0.15, 0.2) is 23.3 Å². The van der Waals surface area contributed by atoms with E-state index in [0.717, 1.165) is 17.9 Å². The summed E-state index contributed by atoms with van der Waals surface area (Å²) in [6, 6.07) is 5.12. The van der Waals surface area contributed by atoms with E-state index in [1.165, 1.54) is 7.11 Å². The fraction of sp³-hybridized carbons (Fsp3) is 0.385. The summed E-state index contributed by atoms with van der Waals surface area (Å²) in [4.78, 5) is 11.7. The van der Waals surface area contributed by atoms with Gasteiger partial charge in [0.25, 0.3) is 0 Å². The van der Waals surface area contributed by atoms with Crippen LogP contribution in [0.4, 0.5) is 5.69 Å². The van der Waals surface area contributed by atoms with Crippen LogP contribution in [0.5, 0.6) is 0 Å². The summed E-state index contributed by atoms with van der Waals surface area (Å²) in [7, 11) is 1.39. The van der Waals surface area contributed by atoms with E-state index in [4.69, 9.17) is 27.9 Å². The maximum absolute atomic E-state index is 11.7. The average Bonchev–Trinajstić information content (AvgIpc) is 2.46. The summed E-state index contributed by atoms with van der Waals surface area (Å²) in [6.07, 6.45) is 0.753. The lowest BCUT2D eigenvalue weighted by atomic mass is 10.0. The zero-order valence-corrected chi connectivity index (χ0v) is 13.2. The first kappa shape index (κ1) is 15.5. The zero-order chi connectivity index (χ0) is 14.5. The van der Waals surface area contributed by atoms with E-state index < -0.39 is 0 Å². The second-order valence-electron chi connectivity index (χ2n) is 4.24. The SMILES string of the molecule is COC(=O)[C@@H]1CSCC/C1=N/Nc1ccc(Cl)cc1Cl. The van der Waals surface area contributed by atoms with Crippen LogP contribution in [0.25, 0.3) is 0 Å². The van der Waals surface area contributed by atoms with E-state index >= 15 is 0 Å². The number of hydrazone groups is 1. The molecule has 1 aliphatic rings. The minimum atomic E-state index is -0.294. The van der Waals surface area contributed by atoms with Gasteiger partial charge in [-0.3, -0.25) is 10.2 Å². The summed E-state index contributed by atoms with van der Waals surface area (Å²) < 4.78 is 4.81. The minimum absolute atomic E-state index is 0.250. The molecule has 1 heterocycles. The number of anilines is 1. The third-order valence-electron chi connectivity index (χ3n) is 2.93. The van der Waals surface area contributed by atoms with Gasteiger partial charge in [0.2, 0.25) is 0 Å². The van der Waals surface area contributed by atoms with Crippen LogP contribution in [-0.2, 0) is 9.53 Å². The molecule has 20 heavy (non-hydrogen) atoms. The number of ether oxygens (including phenoxy) is 1. The summed E-state index contributed by atoms with van der Waals surface area (Å²) in [5.41, 5.74) is 4.35. The van der Waals surface area contributed by atoms with E-state index in [1.807, 2.05) is 0 Å². The Labute approximate surface area is 131 Å². The highest BCUT2D eigenvalue weighted by atomic mass is 35.5. The first-order chi connectivity index (χ1) is 9.61. The first-order valence-electron chi connectivity index (χ1n) is 6.05. The molecule has 1 saturated heterocycles. The molecule has 0 aliphatic carbocycles. The van der Waals surface area contributed by atoms with Crippen LogP contribution >= 0.6 is 35.0 Å². The Hall–Kier alpha value is -0.910. The molecule has 0 spiro atoms. The van der Waals surface area contributed by atoms with Crippen molar-refractivity contribution < 1.29 is 9.53 Å². The van der Waals surface area contributed by atoms with Gasteiger partial charge < -0.3 is 4.74 Å². The second kappa shape index (κ2) is 7.20. The van der Waals surface area contributed by atoms with Gasteiger partial charge in [-0.05, 0) is 30.4 Å². The number of benzene rings is 1. The molecule has 0 amide bonds. The van der Waals surface area contributed by atoms with Gasteiger partial charge in [0.05, 0.1) is 23.5 Å². The summed E-state index contributed by atoms with van der Waals surface area (Å²) in [5.74, 6) is 1.10. The lowest BCUT2D eigenvalue weighted by Gasteiger charge is -2.21. The molecule has 0 unspecified atom stereocenters. The van der Waals surface area contributed by atoms with Gasteiger partial charge in [0.15, 0.2) is 0 Å². The number of hydrogen-bond acceptors (Lipinski definition) is 5. The van der Waals surface area contributed by atoms with Crippen molar-refractivity contribution in [1.82, 2.24) is 0 Å². The number of hydrogen-bond donors (Lipinski definition) is 1. The van der Waals surface area contributed by atoms with Crippen molar-refractivity contribution in [2.24, 2.45) is 11.0 Å². The molecule has 1 aliphatic heterocycles. The average molecular weight is 333 g/mol. The van der Waals surface area contributed by atoms with Crippen molar-refractivity contribution in [3.63, 3.8) is 0 Å². The van der Waals surface area contributed by atoms with Crippen LogP contribution in [0.1, 0.15) is 6.42 Å². The third kappa shape index (κ3) is 3.81. The molecule has 0 radical (unpaired) electrons. The molecular formula is C13H14Cl2N2O2S. The van der Waals surface area contributed by atoms with Gasteiger partial charge in [-0.2, -0.15) is 16.9 Å². The molecule has 0 aromatic heterocycles.